The minimum absolute atomic E-state index is 0.0785. The number of rotatable bonds is 10. The maximum absolute atomic E-state index is 12.1. The van der Waals surface area contributed by atoms with Gasteiger partial charge in [0.25, 0.3) is 0 Å². The molecule has 0 radical (unpaired) electrons. The van der Waals surface area contributed by atoms with E-state index in [-0.39, 0.29) is 11.7 Å². The molecule has 3 rings (SSSR count). The van der Waals surface area contributed by atoms with Crippen molar-refractivity contribution in [2.45, 2.75) is 39.0 Å². The maximum atomic E-state index is 12.1. The van der Waals surface area contributed by atoms with Crippen molar-refractivity contribution < 1.29 is 13.9 Å². The summed E-state index contributed by atoms with van der Waals surface area (Å²) in [4.78, 5) is 12.1. The number of benzene rings is 1. The molecule has 1 amide bonds. The molecule has 0 spiro atoms. The zero-order valence-corrected chi connectivity index (χ0v) is 17.7. The van der Waals surface area contributed by atoms with Crippen LogP contribution in [0.15, 0.2) is 52.2 Å². The lowest BCUT2D eigenvalue weighted by molar-refractivity contribution is -0.118. The third-order valence-electron chi connectivity index (χ3n) is 4.10. The van der Waals surface area contributed by atoms with Gasteiger partial charge in [-0.25, -0.2) is 0 Å². The van der Waals surface area contributed by atoms with E-state index >= 15 is 0 Å². The highest BCUT2D eigenvalue weighted by atomic mass is 32.2. The van der Waals surface area contributed by atoms with Crippen LogP contribution >= 0.6 is 11.8 Å². The van der Waals surface area contributed by atoms with Crippen molar-refractivity contribution in [3.63, 3.8) is 0 Å². The average molecular weight is 415 g/mol. The molecule has 0 aliphatic carbocycles. The molecule has 29 heavy (non-hydrogen) atoms. The van der Waals surface area contributed by atoms with Crippen molar-refractivity contribution in [3.8, 4) is 17.1 Å². The number of furan rings is 1. The molecule has 0 aliphatic rings. The Morgan fingerprint density at radius 1 is 1.24 bits per heavy atom. The second-order valence-electron chi connectivity index (χ2n) is 6.92. The number of amides is 1. The smallest absolute Gasteiger partial charge is 0.230 e. The fraction of sp³-hybridized carbons (Fsp3) is 0.381. The molecule has 8 heteroatoms. The standard InChI is InChI=1S/C21H26N4O3S/c1-4-25-20(16-7-9-17(10-8-16)28-13-15(2)3)23-24-21(25)29-14-19(26)22-12-18-6-5-11-27-18/h5-11,15H,4,12-14H2,1-3H3,(H,22,26). The number of aromatic nitrogens is 3. The Hall–Kier alpha value is -2.74. The molecular weight excluding hydrogens is 388 g/mol. The second kappa shape index (κ2) is 10.2. The highest BCUT2D eigenvalue weighted by Crippen LogP contribution is 2.25. The van der Waals surface area contributed by atoms with Crippen LogP contribution in [0.2, 0.25) is 0 Å². The molecule has 0 saturated carbocycles. The summed E-state index contributed by atoms with van der Waals surface area (Å²) in [6.07, 6.45) is 1.59. The summed E-state index contributed by atoms with van der Waals surface area (Å²) in [6, 6.07) is 11.5. The van der Waals surface area contributed by atoms with E-state index in [1.807, 2.05) is 41.8 Å². The summed E-state index contributed by atoms with van der Waals surface area (Å²) < 4.78 is 13.0. The Labute approximate surface area is 174 Å². The molecule has 0 bridgehead atoms. The van der Waals surface area contributed by atoms with Crippen molar-refractivity contribution in [1.29, 1.82) is 0 Å². The van der Waals surface area contributed by atoms with E-state index in [2.05, 4.69) is 29.4 Å². The van der Waals surface area contributed by atoms with Crippen LogP contribution in [0.1, 0.15) is 26.5 Å². The van der Waals surface area contributed by atoms with Gasteiger partial charge >= 0.3 is 0 Å². The van der Waals surface area contributed by atoms with Crippen LogP contribution in [-0.4, -0.2) is 33.0 Å². The lowest BCUT2D eigenvalue weighted by atomic mass is 10.2. The molecule has 2 heterocycles. The summed E-state index contributed by atoms with van der Waals surface area (Å²) in [5.41, 5.74) is 0.963. The number of nitrogens with one attached hydrogen (secondary N) is 1. The lowest BCUT2D eigenvalue weighted by Crippen LogP contribution is -2.24. The van der Waals surface area contributed by atoms with Gasteiger partial charge in [0.1, 0.15) is 11.5 Å². The van der Waals surface area contributed by atoms with E-state index < -0.39 is 0 Å². The van der Waals surface area contributed by atoms with E-state index in [1.54, 1.807) is 12.3 Å². The van der Waals surface area contributed by atoms with Gasteiger partial charge in [-0.2, -0.15) is 0 Å². The van der Waals surface area contributed by atoms with Crippen LogP contribution in [0.3, 0.4) is 0 Å². The summed E-state index contributed by atoms with van der Waals surface area (Å²) >= 11 is 1.37. The van der Waals surface area contributed by atoms with Gasteiger partial charge in [0, 0.05) is 12.1 Å². The molecule has 3 aromatic rings. The van der Waals surface area contributed by atoms with E-state index in [9.17, 15) is 4.79 Å². The SMILES string of the molecule is CCn1c(SCC(=O)NCc2ccco2)nnc1-c1ccc(OCC(C)C)cc1. The molecule has 7 nitrogen and oxygen atoms in total. The van der Waals surface area contributed by atoms with Crippen LogP contribution in [0, 0.1) is 5.92 Å². The largest absolute Gasteiger partial charge is 0.493 e. The van der Waals surface area contributed by atoms with Gasteiger partial charge in [0.15, 0.2) is 11.0 Å². The zero-order valence-electron chi connectivity index (χ0n) is 16.9. The Morgan fingerprint density at radius 3 is 2.69 bits per heavy atom. The maximum Gasteiger partial charge on any atom is 0.230 e. The highest BCUT2D eigenvalue weighted by Gasteiger charge is 2.15. The number of hydrogen-bond donors (Lipinski definition) is 1. The Morgan fingerprint density at radius 2 is 2.03 bits per heavy atom. The first kappa shape index (κ1) is 21.0. The van der Waals surface area contributed by atoms with Gasteiger partial charge < -0.3 is 19.0 Å². The van der Waals surface area contributed by atoms with E-state index in [1.165, 1.54) is 11.8 Å². The monoisotopic (exact) mass is 414 g/mol. The normalized spacial score (nSPS) is 11.0. The van der Waals surface area contributed by atoms with Crippen molar-refractivity contribution in [2.75, 3.05) is 12.4 Å². The first-order valence-corrected chi connectivity index (χ1v) is 10.6. The molecule has 0 fully saturated rings. The molecule has 1 N–H and O–H groups in total. The number of thioether (sulfide) groups is 1. The first-order chi connectivity index (χ1) is 14.1. The fourth-order valence-corrected chi connectivity index (χ4v) is 3.47. The minimum atomic E-state index is -0.0785. The number of nitrogens with zero attached hydrogens (tertiary/aromatic N) is 3. The Kier molecular flexibility index (Phi) is 7.35. The minimum Gasteiger partial charge on any atom is -0.493 e. The number of hydrogen-bond acceptors (Lipinski definition) is 6. The van der Waals surface area contributed by atoms with Crippen LogP contribution in [0.4, 0.5) is 0 Å². The predicted octanol–water partition coefficient (Wildman–Crippen LogP) is 4.00. The summed E-state index contributed by atoms with van der Waals surface area (Å²) in [6.45, 7) is 8.05. The molecule has 2 aromatic heterocycles. The van der Waals surface area contributed by atoms with Crippen molar-refractivity contribution in [3.05, 3.63) is 48.4 Å². The Bertz CT molecular complexity index is 905. The number of ether oxygens (including phenoxy) is 1. The van der Waals surface area contributed by atoms with E-state index in [0.29, 0.717) is 25.6 Å². The predicted molar refractivity (Wildman–Crippen MR) is 113 cm³/mol. The third-order valence-corrected chi connectivity index (χ3v) is 5.07. The lowest BCUT2D eigenvalue weighted by Gasteiger charge is -2.10. The molecule has 0 unspecified atom stereocenters. The molecular formula is C21H26N4O3S. The van der Waals surface area contributed by atoms with Gasteiger partial charge in [-0.1, -0.05) is 25.6 Å². The van der Waals surface area contributed by atoms with Crippen LogP contribution in [0.25, 0.3) is 11.4 Å². The topological polar surface area (TPSA) is 82.2 Å². The fourth-order valence-electron chi connectivity index (χ4n) is 2.64. The van der Waals surface area contributed by atoms with E-state index in [0.717, 1.165) is 28.1 Å². The zero-order chi connectivity index (χ0) is 20.6. The quantitative estimate of drug-likeness (QED) is 0.505. The number of carbonyl (C=O) groups is 1. The van der Waals surface area contributed by atoms with Crippen molar-refractivity contribution in [2.24, 2.45) is 5.92 Å². The van der Waals surface area contributed by atoms with Gasteiger partial charge in [-0.05, 0) is 49.2 Å². The van der Waals surface area contributed by atoms with Gasteiger partial charge in [0.2, 0.25) is 5.91 Å². The van der Waals surface area contributed by atoms with Crippen LogP contribution in [-0.2, 0) is 17.9 Å². The summed E-state index contributed by atoms with van der Waals surface area (Å²) in [7, 11) is 0. The van der Waals surface area contributed by atoms with E-state index in [4.69, 9.17) is 9.15 Å². The first-order valence-electron chi connectivity index (χ1n) is 9.65. The average Bonchev–Trinajstić information content (AvgIpc) is 3.39. The summed E-state index contributed by atoms with van der Waals surface area (Å²) in [5, 5.41) is 12.2. The molecule has 0 atom stereocenters. The van der Waals surface area contributed by atoms with Gasteiger partial charge in [0.05, 0.1) is 25.2 Å². The Balaban J connectivity index is 1.60. The molecule has 0 saturated heterocycles. The van der Waals surface area contributed by atoms with Crippen molar-refractivity contribution >= 4 is 17.7 Å². The molecule has 0 aliphatic heterocycles. The third kappa shape index (κ3) is 5.87. The van der Waals surface area contributed by atoms with Crippen LogP contribution in [0.5, 0.6) is 5.75 Å². The summed E-state index contributed by atoms with van der Waals surface area (Å²) in [5.74, 6) is 3.01. The molecule has 154 valence electrons. The second-order valence-corrected chi connectivity index (χ2v) is 7.87. The number of carbonyl (C=O) groups excluding carboxylic acids is 1. The van der Waals surface area contributed by atoms with Gasteiger partial charge in [-0.15, -0.1) is 10.2 Å². The highest BCUT2D eigenvalue weighted by molar-refractivity contribution is 7.99. The van der Waals surface area contributed by atoms with Crippen molar-refractivity contribution in [1.82, 2.24) is 20.1 Å². The van der Waals surface area contributed by atoms with Crippen LogP contribution < -0.4 is 10.1 Å². The van der Waals surface area contributed by atoms with Gasteiger partial charge in [-0.3, -0.25) is 4.79 Å². The molecule has 1 aromatic carbocycles.